The summed E-state index contributed by atoms with van der Waals surface area (Å²) in [5.74, 6) is -0.220. The lowest BCUT2D eigenvalue weighted by Crippen LogP contribution is -2.34. The molecule has 2 aromatic carbocycles. The smallest absolute Gasteiger partial charge is 0.261 e. The highest BCUT2D eigenvalue weighted by Crippen LogP contribution is 2.14. The predicted octanol–water partition coefficient (Wildman–Crippen LogP) is 2.69. The second kappa shape index (κ2) is 8.68. The van der Waals surface area contributed by atoms with Crippen LogP contribution in [-0.2, 0) is 11.3 Å². The molecule has 0 radical (unpaired) electrons. The lowest BCUT2D eigenvalue weighted by molar-refractivity contribution is -0.121. The average Bonchev–Trinajstić information content (AvgIpc) is 2.68. The standard InChI is InChI=1S/C20H21ClN4O2/c1-24(16-6-3-2-4-7-16)11-5-10-22-19(26)13-25-14-23-18-9-8-15(21)12-17(18)20(25)27/h2-4,6-9,12,14H,5,10-11,13H2,1H3,(H,22,26). The summed E-state index contributed by atoms with van der Waals surface area (Å²) < 4.78 is 1.30. The Hall–Kier alpha value is -2.86. The average molecular weight is 385 g/mol. The lowest BCUT2D eigenvalue weighted by Gasteiger charge is -2.19. The van der Waals surface area contributed by atoms with Crippen LogP contribution in [0.25, 0.3) is 10.9 Å². The highest BCUT2D eigenvalue weighted by atomic mass is 35.5. The van der Waals surface area contributed by atoms with Crippen molar-refractivity contribution in [3.8, 4) is 0 Å². The number of carbonyl (C=O) groups excluding carboxylic acids is 1. The van der Waals surface area contributed by atoms with Crippen LogP contribution in [-0.4, -0.2) is 35.6 Å². The van der Waals surface area contributed by atoms with E-state index < -0.39 is 0 Å². The summed E-state index contributed by atoms with van der Waals surface area (Å²) in [6.07, 6.45) is 2.19. The second-order valence-electron chi connectivity index (χ2n) is 6.30. The number of para-hydroxylation sites is 1. The van der Waals surface area contributed by atoms with Crippen LogP contribution in [0.3, 0.4) is 0 Å². The maximum absolute atomic E-state index is 12.5. The molecule has 6 nitrogen and oxygen atoms in total. The number of aromatic nitrogens is 2. The molecule has 3 rings (SSSR count). The van der Waals surface area contributed by atoms with Gasteiger partial charge in [-0.3, -0.25) is 14.2 Å². The van der Waals surface area contributed by atoms with Crippen LogP contribution in [0.1, 0.15) is 6.42 Å². The zero-order valence-corrected chi connectivity index (χ0v) is 15.8. The molecule has 1 amide bonds. The summed E-state index contributed by atoms with van der Waals surface area (Å²) in [5.41, 5.74) is 1.42. The predicted molar refractivity (Wildman–Crippen MR) is 108 cm³/mol. The third-order valence-corrected chi connectivity index (χ3v) is 4.52. The Kier molecular flexibility index (Phi) is 6.08. The molecule has 0 aliphatic rings. The number of hydrogen-bond acceptors (Lipinski definition) is 4. The van der Waals surface area contributed by atoms with Gasteiger partial charge in [-0.2, -0.15) is 0 Å². The van der Waals surface area contributed by atoms with Gasteiger partial charge in [0, 0.05) is 30.8 Å². The van der Waals surface area contributed by atoms with Gasteiger partial charge in [0.05, 0.1) is 17.2 Å². The van der Waals surface area contributed by atoms with E-state index in [-0.39, 0.29) is 18.0 Å². The van der Waals surface area contributed by atoms with Gasteiger partial charge < -0.3 is 10.2 Å². The van der Waals surface area contributed by atoms with Crippen molar-refractivity contribution < 1.29 is 4.79 Å². The fourth-order valence-corrected chi connectivity index (χ4v) is 2.98. The van der Waals surface area contributed by atoms with Gasteiger partial charge in [0.2, 0.25) is 5.91 Å². The van der Waals surface area contributed by atoms with Crippen molar-refractivity contribution in [2.45, 2.75) is 13.0 Å². The molecule has 0 atom stereocenters. The van der Waals surface area contributed by atoms with Gasteiger partial charge in [0.25, 0.3) is 5.56 Å². The number of fused-ring (bicyclic) bond motifs is 1. The fraction of sp³-hybridized carbons (Fsp3) is 0.250. The summed E-state index contributed by atoms with van der Waals surface area (Å²) in [4.78, 5) is 31.0. The molecule has 0 saturated heterocycles. The fourth-order valence-electron chi connectivity index (χ4n) is 2.81. The first-order chi connectivity index (χ1) is 13.0. The van der Waals surface area contributed by atoms with E-state index in [1.54, 1.807) is 18.2 Å². The number of amides is 1. The van der Waals surface area contributed by atoms with Crippen molar-refractivity contribution in [2.75, 3.05) is 25.0 Å². The lowest BCUT2D eigenvalue weighted by atomic mass is 10.2. The molecule has 0 aliphatic carbocycles. The van der Waals surface area contributed by atoms with Crippen LogP contribution in [0.4, 0.5) is 5.69 Å². The van der Waals surface area contributed by atoms with Gasteiger partial charge in [-0.15, -0.1) is 0 Å². The molecule has 7 heteroatoms. The minimum absolute atomic E-state index is 0.0667. The van der Waals surface area contributed by atoms with E-state index >= 15 is 0 Å². The molecule has 0 aliphatic heterocycles. The number of carbonyl (C=O) groups is 1. The third-order valence-electron chi connectivity index (χ3n) is 4.29. The molecule has 0 unspecified atom stereocenters. The minimum Gasteiger partial charge on any atom is -0.375 e. The van der Waals surface area contributed by atoms with Gasteiger partial charge in [-0.1, -0.05) is 29.8 Å². The molecule has 0 bridgehead atoms. The van der Waals surface area contributed by atoms with Crippen LogP contribution in [0.5, 0.6) is 0 Å². The molecular formula is C20H21ClN4O2. The third kappa shape index (κ3) is 4.86. The highest BCUT2D eigenvalue weighted by molar-refractivity contribution is 6.31. The minimum atomic E-state index is -0.276. The first-order valence-electron chi connectivity index (χ1n) is 8.72. The largest absolute Gasteiger partial charge is 0.375 e. The number of anilines is 1. The molecule has 140 valence electrons. The zero-order valence-electron chi connectivity index (χ0n) is 15.1. The van der Waals surface area contributed by atoms with E-state index in [0.29, 0.717) is 22.5 Å². The van der Waals surface area contributed by atoms with E-state index in [1.807, 2.05) is 37.4 Å². The number of nitrogens with one attached hydrogen (secondary N) is 1. The Bertz CT molecular complexity index is 988. The van der Waals surface area contributed by atoms with Crippen molar-refractivity contribution in [3.05, 3.63) is 70.2 Å². The summed E-state index contributed by atoms with van der Waals surface area (Å²) in [5, 5.41) is 3.71. The van der Waals surface area contributed by atoms with Crippen LogP contribution in [0.15, 0.2) is 59.7 Å². The first-order valence-corrected chi connectivity index (χ1v) is 9.10. The number of rotatable bonds is 7. The number of nitrogens with zero attached hydrogens (tertiary/aromatic N) is 3. The monoisotopic (exact) mass is 384 g/mol. The quantitative estimate of drug-likeness (QED) is 0.636. The van der Waals surface area contributed by atoms with Crippen molar-refractivity contribution in [1.82, 2.24) is 14.9 Å². The van der Waals surface area contributed by atoms with Crippen molar-refractivity contribution in [1.29, 1.82) is 0 Å². The Labute approximate surface area is 162 Å². The van der Waals surface area contributed by atoms with E-state index in [2.05, 4.69) is 15.2 Å². The van der Waals surface area contributed by atoms with Gasteiger partial charge in [0.1, 0.15) is 6.54 Å². The molecular weight excluding hydrogens is 364 g/mol. The van der Waals surface area contributed by atoms with Gasteiger partial charge in [-0.05, 0) is 36.8 Å². The highest BCUT2D eigenvalue weighted by Gasteiger charge is 2.08. The van der Waals surface area contributed by atoms with Gasteiger partial charge >= 0.3 is 0 Å². The van der Waals surface area contributed by atoms with E-state index in [9.17, 15) is 9.59 Å². The first kappa shape index (κ1) is 18.9. The summed E-state index contributed by atoms with van der Waals surface area (Å²) in [6, 6.07) is 15.0. The van der Waals surface area contributed by atoms with Gasteiger partial charge in [0.15, 0.2) is 0 Å². The van der Waals surface area contributed by atoms with E-state index in [0.717, 1.165) is 18.7 Å². The van der Waals surface area contributed by atoms with Crippen LogP contribution in [0.2, 0.25) is 5.02 Å². The molecule has 3 aromatic rings. The van der Waals surface area contributed by atoms with Crippen molar-refractivity contribution in [2.24, 2.45) is 0 Å². The molecule has 0 fully saturated rings. The van der Waals surface area contributed by atoms with Crippen LogP contribution in [0, 0.1) is 0 Å². The molecule has 0 saturated carbocycles. The SMILES string of the molecule is CN(CCCNC(=O)Cn1cnc2ccc(Cl)cc2c1=O)c1ccccc1. The topological polar surface area (TPSA) is 67.2 Å². The molecule has 1 aromatic heterocycles. The molecule has 27 heavy (non-hydrogen) atoms. The van der Waals surface area contributed by atoms with Crippen LogP contribution >= 0.6 is 11.6 Å². The normalized spacial score (nSPS) is 10.7. The number of halogens is 1. The molecule has 1 heterocycles. The summed E-state index contributed by atoms with van der Waals surface area (Å²) in [6.45, 7) is 1.29. The summed E-state index contributed by atoms with van der Waals surface area (Å²) >= 11 is 5.94. The Morgan fingerprint density at radius 2 is 2.00 bits per heavy atom. The number of hydrogen-bond donors (Lipinski definition) is 1. The summed E-state index contributed by atoms with van der Waals surface area (Å²) in [7, 11) is 2.02. The van der Waals surface area contributed by atoms with Crippen LogP contribution < -0.4 is 15.8 Å². The van der Waals surface area contributed by atoms with Crippen molar-refractivity contribution >= 4 is 34.1 Å². The second-order valence-corrected chi connectivity index (χ2v) is 6.74. The maximum atomic E-state index is 12.5. The zero-order chi connectivity index (χ0) is 19.2. The van der Waals surface area contributed by atoms with Crippen molar-refractivity contribution in [3.63, 3.8) is 0 Å². The van der Waals surface area contributed by atoms with E-state index in [1.165, 1.54) is 10.9 Å². The molecule has 0 spiro atoms. The maximum Gasteiger partial charge on any atom is 0.261 e. The Balaban J connectivity index is 1.52. The number of benzene rings is 2. The van der Waals surface area contributed by atoms with E-state index in [4.69, 9.17) is 11.6 Å². The Morgan fingerprint density at radius 1 is 1.22 bits per heavy atom. The molecule has 1 N–H and O–H groups in total. The van der Waals surface area contributed by atoms with Gasteiger partial charge in [-0.25, -0.2) is 4.98 Å². The Morgan fingerprint density at radius 3 is 2.78 bits per heavy atom.